The number of benzene rings is 2. The third-order valence-electron chi connectivity index (χ3n) is 3.52. The zero-order chi connectivity index (χ0) is 16.6. The molecule has 5 nitrogen and oxygen atoms in total. The van der Waals surface area contributed by atoms with E-state index in [4.69, 9.17) is 4.74 Å². The zero-order valence-corrected chi connectivity index (χ0v) is 12.1. The van der Waals surface area contributed by atoms with E-state index in [2.05, 4.69) is 0 Å². The fourth-order valence-corrected chi connectivity index (χ4v) is 2.44. The summed E-state index contributed by atoms with van der Waals surface area (Å²) >= 11 is 0. The molecule has 0 saturated heterocycles. The fraction of sp³-hybridized carbons (Fsp3) is 0.0588. The number of para-hydroxylation sites is 1. The molecule has 116 valence electrons. The van der Waals surface area contributed by atoms with Crippen LogP contribution in [0.4, 0.5) is 10.1 Å². The molecule has 1 aliphatic rings. The molecule has 0 aliphatic carbocycles. The molecule has 1 N–H and O–H groups in total. The first-order valence-electron chi connectivity index (χ1n) is 6.75. The van der Waals surface area contributed by atoms with Crippen LogP contribution < -0.4 is 9.64 Å². The van der Waals surface area contributed by atoms with Crippen LogP contribution in [-0.4, -0.2) is 24.0 Å². The van der Waals surface area contributed by atoms with Crippen molar-refractivity contribution in [1.29, 1.82) is 0 Å². The van der Waals surface area contributed by atoms with E-state index in [1.807, 2.05) is 0 Å². The normalized spacial score (nSPS) is 14.6. The van der Waals surface area contributed by atoms with Gasteiger partial charge in [-0.25, -0.2) is 9.29 Å². The van der Waals surface area contributed by atoms with Gasteiger partial charge in [0.15, 0.2) is 5.76 Å². The van der Waals surface area contributed by atoms with Crippen molar-refractivity contribution in [3.05, 3.63) is 65.7 Å². The Morgan fingerprint density at radius 2 is 1.65 bits per heavy atom. The standard InChI is InChI=1S/C17H12FNO4/c1-23-13-5-3-2-4-12(13)14-15(20)17(22)19(16(14)21)11-8-6-10(18)7-9-11/h2-9,20H,1H3. The Labute approximate surface area is 131 Å². The number of hydrogen-bond acceptors (Lipinski definition) is 4. The average Bonchev–Trinajstić information content (AvgIpc) is 2.78. The molecular weight excluding hydrogens is 301 g/mol. The van der Waals surface area contributed by atoms with Gasteiger partial charge in [0.1, 0.15) is 11.6 Å². The Bertz CT molecular complexity index is 827. The second-order valence-corrected chi connectivity index (χ2v) is 4.85. The van der Waals surface area contributed by atoms with E-state index in [1.165, 1.54) is 19.2 Å². The number of carbonyl (C=O) groups is 2. The molecular formula is C17H12FNO4. The monoisotopic (exact) mass is 313 g/mol. The lowest BCUT2D eigenvalue weighted by Crippen LogP contribution is -2.31. The molecule has 6 heteroatoms. The maximum absolute atomic E-state index is 13.0. The summed E-state index contributed by atoms with van der Waals surface area (Å²) < 4.78 is 18.2. The summed E-state index contributed by atoms with van der Waals surface area (Å²) in [5, 5.41) is 10.1. The topological polar surface area (TPSA) is 66.8 Å². The Kier molecular flexibility index (Phi) is 3.57. The number of amides is 2. The van der Waals surface area contributed by atoms with Gasteiger partial charge < -0.3 is 9.84 Å². The second kappa shape index (κ2) is 5.57. The minimum atomic E-state index is -0.859. The van der Waals surface area contributed by atoms with Gasteiger partial charge in [0.05, 0.1) is 18.4 Å². The summed E-state index contributed by atoms with van der Waals surface area (Å²) in [6.45, 7) is 0. The number of methoxy groups -OCH3 is 1. The van der Waals surface area contributed by atoms with Crippen LogP contribution in [0.5, 0.6) is 5.75 Å². The number of aliphatic hydroxyl groups is 1. The van der Waals surface area contributed by atoms with Crippen LogP contribution in [0.3, 0.4) is 0 Å². The van der Waals surface area contributed by atoms with Gasteiger partial charge in [-0.05, 0) is 30.3 Å². The first kappa shape index (κ1) is 14.8. The van der Waals surface area contributed by atoms with Crippen LogP contribution >= 0.6 is 0 Å². The van der Waals surface area contributed by atoms with Crippen molar-refractivity contribution in [3.63, 3.8) is 0 Å². The highest BCUT2D eigenvalue weighted by molar-refractivity contribution is 6.45. The van der Waals surface area contributed by atoms with E-state index in [1.54, 1.807) is 24.3 Å². The summed E-state index contributed by atoms with van der Waals surface area (Å²) in [5.74, 6) is -2.35. The van der Waals surface area contributed by atoms with Crippen LogP contribution in [-0.2, 0) is 9.59 Å². The van der Waals surface area contributed by atoms with Crippen molar-refractivity contribution in [2.75, 3.05) is 12.0 Å². The molecule has 0 radical (unpaired) electrons. The van der Waals surface area contributed by atoms with Crippen LogP contribution in [0.25, 0.3) is 5.57 Å². The minimum absolute atomic E-state index is 0.142. The number of anilines is 1. The minimum Gasteiger partial charge on any atom is -0.502 e. The highest BCUT2D eigenvalue weighted by Crippen LogP contribution is 2.35. The number of nitrogens with zero attached hydrogens (tertiary/aromatic N) is 1. The molecule has 2 aromatic rings. The molecule has 0 bridgehead atoms. The summed E-state index contributed by atoms with van der Waals surface area (Å²) in [7, 11) is 1.43. The molecule has 2 aromatic carbocycles. The zero-order valence-electron chi connectivity index (χ0n) is 12.1. The molecule has 3 rings (SSSR count). The van der Waals surface area contributed by atoms with Crippen LogP contribution in [0.15, 0.2) is 54.3 Å². The predicted octanol–water partition coefficient (Wildman–Crippen LogP) is 2.68. The number of halogens is 1. The summed E-state index contributed by atoms with van der Waals surface area (Å²) in [6.07, 6.45) is 0. The van der Waals surface area contributed by atoms with Gasteiger partial charge in [-0.15, -0.1) is 0 Å². The Morgan fingerprint density at radius 3 is 2.30 bits per heavy atom. The number of rotatable bonds is 3. The molecule has 1 heterocycles. The number of carbonyl (C=O) groups excluding carboxylic acids is 2. The van der Waals surface area contributed by atoms with Crippen molar-refractivity contribution in [1.82, 2.24) is 0 Å². The third-order valence-corrected chi connectivity index (χ3v) is 3.52. The first-order chi connectivity index (χ1) is 11.0. The summed E-state index contributed by atoms with van der Waals surface area (Å²) in [4.78, 5) is 25.7. The quantitative estimate of drug-likeness (QED) is 0.885. The molecule has 23 heavy (non-hydrogen) atoms. The van der Waals surface area contributed by atoms with Crippen LogP contribution in [0, 0.1) is 5.82 Å². The number of hydrogen-bond donors (Lipinski definition) is 1. The Balaban J connectivity index is 2.08. The Hall–Kier alpha value is -3.15. The van der Waals surface area contributed by atoms with Gasteiger partial charge in [-0.1, -0.05) is 18.2 Å². The molecule has 0 atom stereocenters. The summed E-state index contributed by atoms with van der Waals surface area (Å²) in [5.41, 5.74) is 0.352. The molecule has 0 aromatic heterocycles. The smallest absolute Gasteiger partial charge is 0.301 e. The van der Waals surface area contributed by atoms with Gasteiger partial charge in [0.2, 0.25) is 0 Å². The van der Waals surface area contributed by atoms with Crippen molar-refractivity contribution in [3.8, 4) is 5.75 Å². The van der Waals surface area contributed by atoms with E-state index in [9.17, 15) is 19.1 Å². The maximum Gasteiger partial charge on any atom is 0.301 e. The second-order valence-electron chi connectivity index (χ2n) is 4.85. The molecule has 0 fully saturated rings. The van der Waals surface area contributed by atoms with Gasteiger partial charge in [0.25, 0.3) is 5.91 Å². The molecule has 2 amide bonds. The van der Waals surface area contributed by atoms with Gasteiger partial charge >= 0.3 is 5.91 Å². The third kappa shape index (κ3) is 2.34. The lowest BCUT2D eigenvalue weighted by molar-refractivity contribution is -0.121. The van der Waals surface area contributed by atoms with Crippen molar-refractivity contribution >= 4 is 23.1 Å². The van der Waals surface area contributed by atoms with Gasteiger partial charge in [-0.2, -0.15) is 0 Å². The van der Waals surface area contributed by atoms with Crippen molar-refractivity contribution in [2.45, 2.75) is 0 Å². The first-order valence-corrected chi connectivity index (χ1v) is 6.75. The molecule has 0 spiro atoms. The predicted molar refractivity (Wildman–Crippen MR) is 81.4 cm³/mol. The van der Waals surface area contributed by atoms with Crippen molar-refractivity contribution in [2.24, 2.45) is 0 Å². The van der Waals surface area contributed by atoms with E-state index in [-0.39, 0.29) is 11.3 Å². The number of imide groups is 1. The molecule has 0 unspecified atom stereocenters. The van der Waals surface area contributed by atoms with Crippen LogP contribution in [0.1, 0.15) is 5.56 Å². The SMILES string of the molecule is COc1ccccc1C1=C(O)C(=O)N(c2ccc(F)cc2)C1=O. The van der Waals surface area contributed by atoms with E-state index in [0.29, 0.717) is 11.3 Å². The lowest BCUT2D eigenvalue weighted by Gasteiger charge is -2.14. The van der Waals surface area contributed by atoms with E-state index >= 15 is 0 Å². The highest BCUT2D eigenvalue weighted by Gasteiger charge is 2.41. The van der Waals surface area contributed by atoms with E-state index in [0.717, 1.165) is 17.0 Å². The van der Waals surface area contributed by atoms with Crippen LogP contribution in [0.2, 0.25) is 0 Å². The highest BCUT2D eigenvalue weighted by atomic mass is 19.1. The molecule has 1 aliphatic heterocycles. The largest absolute Gasteiger partial charge is 0.502 e. The van der Waals surface area contributed by atoms with E-state index < -0.39 is 23.4 Å². The maximum atomic E-state index is 13.0. The lowest BCUT2D eigenvalue weighted by atomic mass is 10.0. The fourth-order valence-electron chi connectivity index (χ4n) is 2.44. The van der Waals surface area contributed by atoms with Gasteiger partial charge in [0, 0.05) is 5.56 Å². The Morgan fingerprint density at radius 1 is 1.00 bits per heavy atom. The number of ether oxygens (including phenoxy) is 1. The van der Waals surface area contributed by atoms with Crippen molar-refractivity contribution < 1.29 is 23.8 Å². The van der Waals surface area contributed by atoms with Gasteiger partial charge in [-0.3, -0.25) is 9.59 Å². The molecule has 0 saturated carbocycles. The summed E-state index contributed by atoms with van der Waals surface area (Å²) in [6, 6.07) is 11.4. The average molecular weight is 313 g/mol. The number of aliphatic hydroxyl groups excluding tert-OH is 1.